The maximum absolute atomic E-state index is 13.3. The van der Waals surface area contributed by atoms with Crippen LogP contribution in [0.15, 0.2) is 18.2 Å². The lowest BCUT2D eigenvalue weighted by atomic mass is 9.95. The highest BCUT2D eigenvalue weighted by molar-refractivity contribution is 5.99. The number of nitrogens with zero attached hydrogens (tertiary/aromatic N) is 2. The van der Waals surface area contributed by atoms with Crippen molar-refractivity contribution in [3.8, 4) is 0 Å². The molecule has 0 atom stereocenters. The number of nitrogens with two attached hydrogens (primary N) is 1. The fraction of sp³-hybridized carbons (Fsp3) is 0.500. The van der Waals surface area contributed by atoms with E-state index in [1.165, 1.54) is 15.9 Å². The second kappa shape index (κ2) is 7.21. The number of carbonyl (C=O) groups is 3. The molecule has 2 aliphatic heterocycles. The zero-order valence-electron chi connectivity index (χ0n) is 14.6. The zero-order chi connectivity index (χ0) is 19.8. The van der Waals surface area contributed by atoms with Gasteiger partial charge in [-0.15, -0.1) is 0 Å². The Morgan fingerprint density at radius 3 is 2.26 bits per heavy atom. The van der Waals surface area contributed by atoms with Crippen LogP contribution in [0.2, 0.25) is 0 Å². The second-order valence-corrected chi connectivity index (χ2v) is 6.88. The Labute approximate surface area is 154 Å². The van der Waals surface area contributed by atoms with Crippen molar-refractivity contribution in [2.24, 2.45) is 11.7 Å². The first kappa shape index (κ1) is 19.2. The van der Waals surface area contributed by atoms with Gasteiger partial charge >= 0.3 is 6.18 Å². The molecule has 3 amide bonds. The van der Waals surface area contributed by atoms with Crippen LogP contribution in [-0.4, -0.2) is 42.3 Å². The van der Waals surface area contributed by atoms with E-state index in [4.69, 9.17) is 5.73 Å². The van der Waals surface area contributed by atoms with Crippen molar-refractivity contribution in [2.45, 2.75) is 31.9 Å². The molecule has 0 spiro atoms. The molecule has 1 aromatic carbocycles. The van der Waals surface area contributed by atoms with E-state index in [-0.39, 0.29) is 42.6 Å². The van der Waals surface area contributed by atoms with Gasteiger partial charge in [0, 0.05) is 43.2 Å². The van der Waals surface area contributed by atoms with Gasteiger partial charge in [0.05, 0.1) is 5.56 Å². The van der Waals surface area contributed by atoms with Gasteiger partial charge in [-0.1, -0.05) is 0 Å². The quantitative estimate of drug-likeness (QED) is 0.868. The molecule has 0 radical (unpaired) electrons. The standard InChI is InChI=1S/C18H20F3N3O3/c19-18(20,21)13-8-12(9-14(10-13)24-5-1-2-15(24)25)17(27)23-6-3-11(4-7-23)16(22)26/h8-11H,1-7H2,(H2,22,26). The third kappa shape index (κ3) is 4.06. The number of likely N-dealkylation sites (tertiary alicyclic amines) is 1. The number of anilines is 1. The lowest BCUT2D eigenvalue weighted by Gasteiger charge is -2.31. The van der Waals surface area contributed by atoms with Gasteiger partial charge in [0.25, 0.3) is 5.91 Å². The minimum Gasteiger partial charge on any atom is -0.369 e. The molecule has 9 heteroatoms. The van der Waals surface area contributed by atoms with Crippen molar-refractivity contribution in [3.05, 3.63) is 29.3 Å². The van der Waals surface area contributed by atoms with E-state index >= 15 is 0 Å². The maximum Gasteiger partial charge on any atom is 0.416 e. The monoisotopic (exact) mass is 383 g/mol. The Morgan fingerprint density at radius 2 is 1.74 bits per heavy atom. The van der Waals surface area contributed by atoms with Crippen molar-refractivity contribution in [1.82, 2.24) is 4.90 Å². The number of amides is 3. The fourth-order valence-corrected chi connectivity index (χ4v) is 3.52. The number of alkyl halides is 3. The van der Waals surface area contributed by atoms with E-state index in [0.29, 0.717) is 25.8 Å². The van der Waals surface area contributed by atoms with Gasteiger partial charge in [-0.05, 0) is 37.5 Å². The van der Waals surface area contributed by atoms with Crippen LogP contribution in [0.1, 0.15) is 41.6 Å². The minimum atomic E-state index is -4.63. The number of halogens is 3. The summed E-state index contributed by atoms with van der Waals surface area (Å²) in [6.07, 6.45) is -3.01. The van der Waals surface area contributed by atoms with Gasteiger partial charge in [0.2, 0.25) is 11.8 Å². The van der Waals surface area contributed by atoms with Crippen LogP contribution in [0.5, 0.6) is 0 Å². The van der Waals surface area contributed by atoms with Crippen LogP contribution in [0.25, 0.3) is 0 Å². The molecule has 2 fully saturated rings. The zero-order valence-corrected chi connectivity index (χ0v) is 14.6. The molecular formula is C18H20F3N3O3. The van der Waals surface area contributed by atoms with E-state index in [1.54, 1.807) is 0 Å². The first-order valence-corrected chi connectivity index (χ1v) is 8.78. The molecule has 2 aliphatic rings. The van der Waals surface area contributed by atoms with E-state index in [0.717, 1.165) is 12.1 Å². The molecule has 0 aromatic heterocycles. The number of rotatable bonds is 3. The normalized spacial score (nSPS) is 18.9. The van der Waals surface area contributed by atoms with Crippen LogP contribution in [0.4, 0.5) is 18.9 Å². The Morgan fingerprint density at radius 1 is 1.07 bits per heavy atom. The number of benzene rings is 1. The highest BCUT2D eigenvalue weighted by atomic mass is 19.4. The van der Waals surface area contributed by atoms with Crippen molar-refractivity contribution in [2.75, 3.05) is 24.5 Å². The first-order chi connectivity index (χ1) is 12.7. The predicted molar refractivity (Wildman–Crippen MR) is 90.9 cm³/mol. The second-order valence-electron chi connectivity index (χ2n) is 6.88. The molecule has 2 heterocycles. The highest BCUT2D eigenvalue weighted by Crippen LogP contribution is 2.34. The summed E-state index contributed by atoms with van der Waals surface area (Å²) >= 11 is 0. The van der Waals surface area contributed by atoms with Crippen LogP contribution in [-0.2, 0) is 15.8 Å². The Hall–Kier alpha value is -2.58. The molecule has 27 heavy (non-hydrogen) atoms. The largest absolute Gasteiger partial charge is 0.416 e. The van der Waals surface area contributed by atoms with E-state index < -0.39 is 23.6 Å². The topological polar surface area (TPSA) is 83.7 Å². The summed E-state index contributed by atoms with van der Waals surface area (Å²) in [6, 6.07) is 3.05. The Kier molecular flexibility index (Phi) is 5.12. The number of carbonyl (C=O) groups excluding carboxylic acids is 3. The van der Waals surface area contributed by atoms with E-state index in [9.17, 15) is 27.6 Å². The molecule has 0 bridgehead atoms. The van der Waals surface area contributed by atoms with E-state index in [1.807, 2.05) is 0 Å². The summed E-state index contributed by atoms with van der Waals surface area (Å²) in [5.41, 5.74) is 4.27. The molecule has 2 saturated heterocycles. The molecule has 146 valence electrons. The Bertz CT molecular complexity index is 771. The van der Waals surface area contributed by atoms with Gasteiger partial charge in [0.1, 0.15) is 0 Å². The summed E-state index contributed by atoms with van der Waals surface area (Å²) in [7, 11) is 0. The van der Waals surface area contributed by atoms with Crippen molar-refractivity contribution in [3.63, 3.8) is 0 Å². The molecule has 3 rings (SSSR count). The molecule has 0 saturated carbocycles. The average Bonchev–Trinajstić information content (AvgIpc) is 3.06. The van der Waals surface area contributed by atoms with Crippen LogP contribution < -0.4 is 10.6 Å². The van der Waals surface area contributed by atoms with Crippen molar-refractivity contribution < 1.29 is 27.6 Å². The number of piperidine rings is 1. The van der Waals surface area contributed by atoms with Gasteiger partial charge in [0.15, 0.2) is 0 Å². The van der Waals surface area contributed by atoms with Gasteiger partial charge in [-0.25, -0.2) is 0 Å². The first-order valence-electron chi connectivity index (χ1n) is 8.78. The van der Waals surface area contributed by atoms with Crippen LogP contribution >= 0.6 is 0 Å². The van der Waals surface area contributed by atoms with Crippen molar-refractivity contribution in [1.29, 1.82) is 0 Å². The highest BCUT2D eigenvalue weighted by Gasteiger charge is 2.34. The predicted octanol–water partition coefficient (Wildman–Crippen LogP) is 2.17. The molecule has 1 aromatic rings. The third-order valence-corrected chi connectivity index (χ3v) is 5.06. The summed E-state index contributed by atoms with van der Waals surface area (Å²) in [6.45, 7) is 0.832. The summed E-state index contributed by atoms with van der Waals surface area (Å²) < 4.78 is 39.9. The Balaban J connectivity index is 1.89. The molecule has 6 nitrogen and oxygen atoms in total. The van der Waals surface area contributed by atoms with Crippen LogP contribution in [0, 0.1) is 5.92 Å². The van der Waals surface area contributed by atoms with Gasteiger partial charge in [-0.2, -0.15) is 13.2 Å². The fourth-order valence-electron chi connectivity index (χ4n) is 3.52. The van der Waals surface area contributed by atoms with Crippen molar-refractivity contribution >= 4 is 23.4 Å². The summed E-state index contributed by atoms with van der Waals surface area (Å²) in [4.78, 5) is 38.6. The number of hydrogen-bond acceptors (Lipinski definition) is 3. The SMILES string of the molecule is NC(=O)C1CCN(C(=O)c2cc(N3CCCC3=O)cc(C(F)(F)F)c2)CC1. The molecule has 0 aliphatic carbocycles. The van der Waals surface area contributed by atoms with Gasteiger partial charge in [-0.3, -0.25) is 14.4 Å². The summed E-state index contributed by atoms with van der Waals surface area (Å²) in [5, 5.41) is 0. The number of hydrogen-bond donors (Lipinski definition) is 1. The van der Waals surface area contributed by atoms with Gasteiger partial charge < -0.3 is 15.5 Å². The lowest BCUT2D eigenvalue weighted by Crippen LogP contribution is -2.41. The number of primary amides is 1. The smallest absolute Gasteiger partial charge is 0.369 e. The van der Waals surface area contributed by atoms with E-state index in [2.05, 4.69) is 0 Å². The molecular weight excluding hydrogens is 363 g/mol. The summed E-state index contributed by atoms with van der Waals surface area (Å²) in [5.74, 6) is -1.56. The molecule has 0 unspecified atom stereocenters. The average molecular weight is 383 g/mol. The molecule has 2 N–H and O–H groups in total. The lowest BCUT2D eigenvalue weighted by molar-refractivity contribution is -0.137. The maximum atomic E-state index is 13.3. The van der Waals surface area contributed by atoms with Crippen LogP contribution in [0.3, 0.4) is 0 Å². The minimum absolute atomic E-state index is 0.0858. The third-order valence-electron chi connectivity index (χ3n) is 5.06.